The van der Waals surface area contributed by atoms with Crippen LogP contribution in [0, 0.1) is 23.7 Å². The molecule has 0 aromatic carbocycles. The first kappa shape index (κ1) is 13.3. The molecule has 2 saturated carbocycles. The number of rotatable bonds is 0. The van der Waals surface area contributed by atoms with Gasteiger partial charge in [0.15, 0.2) is 5.79 Å². The molecule has 1 saturated heterocycles. The average molecular weight is 276 g/mol. The van der Waals surface area contributed by atoms with E-state index in [0.717, 1.165) is 30.8 Å². The number of ether oxygens (including phenoxy) is 2. The molecule has 20 heavy (non-hydrogen) atoms. The van der Waals surface area contributed by atoms with Crippen molar-refractivity contribution in [3.63, 3.8) is 0 Å². The topological polar surface area (TPSA) is 18.5 Å². The van der Waals surface area contributed by atoms with E-state index in [2.05, 4.69) is 19.9 Å². The summed E-state index contributed by atoms with van der Waals surface area (Å²) in [6.45, 7) is 5.32. The van der Waals surface area contributed by atoms with E-state index in [9.17, 15) is 0 Å². The second kappa shape index (κ2) is 4.84. The van der Waals surface area contributed by atoms with Crippen LogP contribution in [0.4, 0.5) is 0 Å². The minimum absolute atomic E-state index is 0.247. The smallest absolute Gasteiger partial charge is 0.171 e. The van der Waals surface area contributed by atoms with Crippen LogP contribution in [0.2, 0.25) is 0 Å². The minimum atomic E-state index is -0.247. The average Bonchev–Trinajstić information content (AvgIpc) is 2.85. The van der Waals surface area contributed by atoms with E-state index >= 15 is 0 Å². The molecule has 3 aliphatic carbocycles. The summed E-state index contributed by atoms with van der Waals surface area (Å²) in [7, 11) is 0. The Balaban J connectivity index is 1.59. The van der Waals surface area contributed by atoms with Gasteiger partial charge in [0.1, 0.15) is 0 Å². The van der Waals surface area contributed by atoms with Gasteiger partial charge in [-0.3, -0.25) is 0 Å². The van der Waals surface area contributed by atoms with Crippen LogP contribution in [-0.2, 0) is 9.47 Å². The Morgan fingerprint density at radius 3 is 2.85 bits per heavy atom. The van der Waals surface area contributed by atoms with Gasteiger partial charge in [-0.05, 0) is 63.2 Å². The van der Waals surface area contributed by atoms with Crippen LogP contribution in [0.3, 0.4) is 0 Å². The Hall–Kier alpha value is -0.340. The molecule has 2 heteroatoms. The van der Waals surface area contributed by atoms with Crippen LogP contribution in [0.25, 0.3) is 0 Å². The summed E-state index contributed by atoms with van der Waals surface area (Å²) in [4.78, 5) is 0. The maximum absolute atomic E-state index is 6.25. The van der Waals surface area contributed by atoms with Crippen molar-refractivity contribution in [2.24, 2.45) is 23.7 Å². The molecule has 2 nitrogen and oxygen atoms in total. The normalized spacial score (nSPS) is 51.5. The fraction of sp³-hybridized carbons (Fsp3) is 0.889. The van der Waals surface area contributed by atoms with Crippen molar-refractivity contribution in [3.05, 3.63) is 11.6 Å². The lowest BCUT2D eigenvalue weighted by molar-refractivity contribution is -0.237. The maximum atomic E-state index is 6.25. The SMILES string of the molecule is CC1COC2(CCC3C4=CCCCC4CCC3C2C)O1. The van der Waals surface area contributed by atoms with Crippen molar-refractivity contribution < 1.29 is 9.47 Å². The van der Waals surface area contributed by atoms with Gasteiger partial charge < -0.3 is 9.47 Å². The van der Waals surface area contributed by atoms with Gasteiger partial charge in [-0.15, -0.1) is 0 Å². The molecule has 6 atom stereocenters. The van der Waals surface area contributed by atoms with E-state index in [-0.39, 0.29) is 11.9 Å². The van der Waals surface area contributed by atoms with Crippen LogP contribution in [0.1, 0.15) is 58.8 Å². The molecular weight excluding hydrogens is 248 g/mol. The lowest BCUT2D eigenvalue weighted by Gasteiger charge is -2.51. The molecule has 0 aromatic rings. The van der Waals surface area contributed by atoms with Gasteiger partial charge in [0.2, 0.25) is 0 Å². The molecule has 4 aliphatic rings. The lowest BCUT2D eigenvalue weighted by Crippen LogP contribution is -2.50. The summed E-state index contributed by atoms with van der Waals surface area (Å²) in [6, 6.07) is 0. The van der Waals surface area contributed by atoms with E-state index in [1.165, 1.54) is 38.5 Å². The summed E-state index contributed by atoms with van der Waals surface area (Å²) < 4.78 is 12.4. The predicted octanol–water partition coefficient (Wildman–Crippen LogP) is 4.30. The summed E-state index contributed by atoms with van der Waals surface area (Å²) in [6.07, 6.45) is 12.2. The van der Waals surface area contributed by atoms with E-state index in [1.807, 2.05) is 5.57 Å². The van der Waals surface area contributed by atoms with Gasteiger partial charge in [0.25, 0.3) is 0 Å². The van der Waals surface area contributed by atoms with E-state index in [1.54, 1.807) is 0 Å². The summed E-state index contributed by atoms with van der Waals surface area (Å²) in [5.41, 5.74) is 1.82. The minimum Gasteiger partial charge on any atom is -0.347 e. The molecule has 0 amide bonds. The molecule has 0 radical (unpaired) electrons. The van der Waals surface area contributed by atoms with Gasteiger partial charge in [0, 0.05) is 12.3 Å². The van der Waals surface area contributed by atoms with Crippen LogP contribution in [0.5, 0.6) is 0 Å². The number of hydrogen-bond acceptors (Lipinski definition) is 2. The first-order chi connectivity index (χ1) is 9.70. The number of allylic oxidation sites excluding steroid dienone is 2. The molecule has 0 bridgehead atoms. The number of fused-ring (bicyclic) bond motifs is 3. The van der Waals surface area contributed by atoms with Gasteiger partial charge in [0.05, 0.1) is 12.7 Å². The highest BCUT2D eigenvalue weighted by atomic mass is 16.7. The highest BCUT2D eigenvalue weighted by molar-refractivity contribution is 5.20. The molecular formula is C18H28O2. The quantitative estimate of drug-likeness (QED) is 0.614. The molecule has 1 spiro atoms. The second-order valence-corrected chi connectivity index (χ2v) is 7.56. The van der Waals surface area contributed by atoms with Gasteiger partial charge >= 0.3 is 0 Å². The monoisotopic (exact) mass is 276 g/mol. The van der Waals surface area contributed by atoms with Crippen LogP contribution in [-0.4, -0.2) is 18.5 Å². The van der Waals surface area contributed by atoms with Crippen LogP contribution < -0.4 is 0 Å². The Bertz CT molecular complexity index is 416. The molecule has 1 heterocycles. The van der Waals surface area contributed by atoms with E-state index in [4.69, 9.17) is 9.47 Å². The third kappa shape index (κ3) is 1.91. The van der Waals surface area contributed by atoms with Gasteiger partial charge in [-0.2, -0.15) is 0 Å². The first-order valence-corrected chi connectivity index (χ1v) is 8.71. The molecule has 0 aromatic heterocycles. The van der Waals surface area contributed by atoms with Crippen molar-refractivity contribution >= 4 is 0 Å². The summed E-state index contributed by atoms with van der Waals surface area (Å²) >= 11 is 0. The van der Waals surface area contributed by atoms with Gasteiger partial charge in [-0.25, -0.2) is 0 Å². The van der Waals surface area contributed by atoms with E-state index in [0.29, 0.717) is 5.92 Å². The van der Waals surface area contributed by atoms with Crippen molar-refractivity contribution in [1.82, 2.24) is 0 Å². The second-order valence-electron chi connectivity index (χ2n) is 7.56. The third-order valence-corrected chi connectivity index (χ3v) is 6.50. The molecule has 6 unspecified atom stereocenters. The highest BCUT2D eigenvalue weighted by Gasteiger charge is 2.54. The summed E-state index contributed by atoms with van der Waals surface area (Å²) in [5, 5.41) is 0. The highest BCUT2D eigenvalue weighted by Crippen LogP contribution is 2.55. The Labute approximate surface area is 122 Å². The van der Waals surface area contributed by atoms with Gasteiger partial charge in [-0.1, -0.05) is 18.6 Å². The van der Waals surface area contributed by atoms with Crippen LogP contribution in [0.15, 0.2) is 11.6 Å². The van der Waals surface area contributed by atoms with Crippen LogP contribution >= 0.6 is 0 Å². The lowest BCUT2D eigenvalue weighted by atomic mass is 9.58. The van der Waals surface area contributed by atoms with Crippen molar-refractivity contribution in [3.8, 4) is 0 Å². The molecule has 112 valence electrons. The summed E-state index contributed by atoms with van der Waals surface area (Å²) in [5.74, 6) is 2.83. The fourth-order valence-corrected chi connectivity index (χ4v) is 5.50. The zero-order valence-electron chi connectivity index (χ0n) is 12.9. The molecule has 4 rings (SSSR count). The van der Waals surface area contributed by atoms with E-state index < -0.39 is 0 Å². The molecule has 0 N–H and O–H groups in total. The first-order valence-electron chi connectivity index (χ1n) is 8.71. The Morgan fingerprint density at radius 1 is 1.15 bits per heavy atom. The molecule has 3 fully saturated rings. The Morgan fingerprint density at radius 2 is 2.05 bits per heavy atom. The number of hydrogen-bond donors (Lipinski definition) is 0. The van der Waals surface area contributed by atoms with Crippen molar-refractivity contribution in [2.45, 2.75) is 70.7 Å². The maximum Gasteiger partial charge on any atom is 0.171 e. The standard InChI is InChI=1S/C18H28O2/c1-12-11-19-18(20-12)10-9-17-15(13(18)2)8-7-14-5-3-4-6-16(14)17/h6,12-15,17H,3-5,7-11H2,1-2H3. The fourth-order valence-electron chi connectivity index (χ4n) is 5.50. The predicted molar refractivity (Wildman–Crippen MR) is 79.3 cm³/mol. The van der Waals surface area contributed by atoms with Crippen molar-refractivity contribution in [2.75, 3.05) is 6.61 Å². The molecule has 1 aliphatic heterocycles. The largest absolute Gasteiger partial charge is 0.347 e. The third-order valence-electron chi connectivity index (χ3n) is 6.50. The Kier molecular flexibility index (Phi) is 3.23. The zero-order chi connectivity index (χ0) is 13.7. The van der Waals surface area contributed by atoms with Crippen molar-refractivity contribution in [1.29, 1.82) is 0 Å². The zero-order valence-corrected chi connectivity index (χ0v) is 12.9.